The lowest BCUT2D eigenvalue weighted by Gasteiger charge is -2.08. The molecule has 4 aromatic heterocycles. The van der Waals surface area contributed by atoms with Crippen molar-refractivity contribution in [2.45, 2.75) is 23.6 Å². The van der Waals surface area contributed by atoms with Crippen molar-refractivity contribution in [1.82, 2.24) is 7.94 Å². The summed E-state index contributed by atoms with van der Waals surface area (Å²) in [4.78, 5) is 0.309. The Bertz CT molecular complexity index is 1790. The largest absolute Gasteiger partial charge is 0.268 e. The number of rotatable bonds is 4. The number of benzene rings is 2. The van der Waals surface area contributed by atoms with E-state index < -0.39 is 20.0 Å². The molecule has 0 aliphatic carbocycles. The van der Waals surface area contributed by atoms with Gasteiger partial charge in [-0.3, -0.25) is 0 Å². The molecule has 172 valence electrons. The summed E-state index contributed by atoms with van der Waals surface area (Å²) in [5.74, 6) is 0. The molecule has 0 saturated carbocycles. The summed E-state index contributed by atoms with van der Waals surface area (Å²) in [5.41, 5.74) is 3.63. The van der Waals surface area contributed by atoms with E-state index in [1.165, 1.54) is 30.6 Å². The lowest BCUT2D eigenvalue weighted by atomic mass is 10.2. The molecular weight excluding hydrogens is 509 g/mol. The van der Waals surface area contributed by atoms with Crippen molar-refractivity contribution in [2.24, 2.45) is 0 Å². The zero-order valence-electron chi connectivity index (χ0n) is 18.1. The second-order valence-corrected chi connectivity index (χ2v) is 13.5. The molecule has 6 nitrogen and oxygen atoms in total. The van der Waals surface area contributed by atoms with Crippen molar-refractivity contribution >= 4 is 74.2 Å². The Labute approximate surface area is 204 Å². The predicted octanol–water partition coefficient (Wildman–Crippen LogP) is 5.96. The van der Waals surface area contributed by atoms with E-state index in [2.05, 4.69) is 0 Å². The van der Waals surface area contributed by atoms with Gasteiger partial charge in [0.2, 0.25) is 0 Å². The summed E-state index contributed by atoms with van der Waals surface area (Å²) >= 11 is 2.66. The first kappa shape index (κ1) is 21.6. The summed E-state index contributed by atoms with van der Waals surface area (Å²) in [7, 11) is -7.97. The van der Waals surface area contributed by atoms with E-state index in [0.29, 0.717) is 31.5 Å². The van der Waals surface area contributed by atoms with E-state index in [1.807, 2.05) is 13.8 Å². The molecule has 0 spiro atoms. The first-order valence-electron chi connectivity index (χ1n) is 10.4. The maximum atomic E-state index is 13.9. The molecule has 6 aromatic rings. The van der Waals surface area contributed by atoms with Gasteiger partial charge in [-0.2, -0.15) is 0 Å². The molecule has 10 heteroatoms. The Balaban J connectivity index is 1.76. The number of hydrogen-bond acceptors (Lipinski definition) is 6. The van der Waals surface area contributed by atoms with Gasteiger partial charge in [0, 0.05) is 0 Å². The lowest BCUT2D eigenvalue weighted by Crippen LogP contribution is -2.13. The molecule has 34 heavy (non-hydrogen) atoms. The SMILES string of the molecule is Cc1ccc(S(=O)(=O)n2c3ccsc3c3c2c2sccc2n3S(=O)(=O)c2ccc(C)cc2)cc1. The number of aromatic nitrogens is 2. The maximum Gasteiger partial charge on any atom is 0.268 e. The van der Waals surface area contributed by atoms with E-state index in [-0.39, 0.29) is 9.79 Å². The molecule has 6 rings (SSSR count). The third-order valence-corrected chi connectivity index (χ3v) is 11.2. The van der Waals surface area contributed by atoms with Crippen LogP contribution in [0.3, 0.4) is 0 Å². The highest BCUT2D eigenvalue weighted by atomic mass is 32.2. The van der Waals surface area contributed by atoms with Crippen LogP contribution in [0.15, 0.2) is 81.2 Å². The van der Waals surface area contributed by atoms with Gasteiger partial charge in [-0.15, -0.1) is 22.7 Å². The van der Waals surface area contributed by atoms with Crippen LogP contribution in [0.4, 0.5) is 0 Å². The minimum atomic E-state index is -3.99. The van der Waals surface area contributed by atoms with Crippen LogP contribution in [0.5, 0.6) is 0 Å². The summed E-state index contributed by atoms with van der Waals surface area (Å²) in [6.45, 7) is 3.79. The van der Waals surface area contributed by atoms with Crippen molar-refractivity contribution in [3.63, 3.8) is 0 Å². The molecule has 0 N–H and O–H groups in total. The van der Waals surface area contributed by atoms with Crippen LogP contribution < -0.4 is 0 Å². The highest BCUT2D eigenvalue weighted by Gasteiger charge is 2.33. The van der Waals surface area contributed by atoms with Gasteiger partial charge in [-0.05, 0) is 61.0 Å². The average Bonchev–Trinajstić information content (AvgIpc) is 3.54. The smallest absolute Gasteiger partial charge is 0.229 e. The Morgan fingerprint density at radius 2 is 0.912 bits per heavy atom. The Kier molecular flexibility index (Phi) is 4.63. The molecule has 4 heterocycles. The minimum Gasteiger partial charge on any atom is -0.229 e. The van der Waals surface area contributed by atoms with Crippen molar-refractivity contribution < 1.29 is 16.8 Å². The van der Waals surface area contributed by atoms with Crippen LogP contribution in [0.1, 0.15) is 11.1 Å². The Morgan fingerprint density at radius 1 is 0.559 bits per heavy atom. The fourth-order valence-electron chi connectivity index (χ4n) is 4.24. The van der Waals surface area contributed by atoms with Crippen molar-refractivity contribution in [1.29, 1.82) is 0 Å². The van der Waals surface area contributed by atoms with E-state index >= 15 is 0 Å². The van der Waals surface area contributed by atoms with Gasteiger partial charge in [0.15, 0.2) is 0 Å². The van der Waals surface area contributed by atoms with Crippen LogP contribution in [-0.2, 0) is 20.0 Å². The zero-order chi connectivity index (χ0) is 23.8. The zero-order valence-corrected chi connectivity index (χ0v) is 21.4. The van der Waals surface area contributed by atoms with Crippen LogP contribution >= 0.6 is 22.7 Å². The van der Waals surface area contributed by atoms with Gasteiger partial charge in [-0.1, -0.05) is 35.4 Å². The van der Waals surface area contributed by atoms with Crippen molar-refractivity contribution in [3.05, 3.63) is 82.6 Å². The molecule has 0 saturated heterocycles. The number of nitrogens with zero attached hydrogens (tertiary/aromatic N) is 2. The number of thiophene rings is 2. The molecule has 0 aliphatic rings. The van der Waals surface area contributed by atoms with Crippen molar-refractivity contribution in [2.75, 3.05) is 0 Å². The van der Waals surface area contributed by atoms with Gasteiger partial charge >= 0.3 is 0 Å². The van der Waals surface area contributed by atoms with Crippen LogP contribution in [0, 0.1) is 13.8 Å². The number of hydrogen-bond donors (Lipinski definition) is 0. The molecule has 0 radical (unpaired) electrons. The lowest BCUT2D eigenvalue weighted by molar-refractivity contribution is 0.588. The average molecular weight is 527 g/mol. The van der Waals surface area contributed by atoms with Gasteiger partial charge < -0.3 is 0 Å². The summed E-state index contributed by atoms with van der Waals surface area (Å²) in [5, 5.41) is 3.57. The molecule has 0 atom stereocenters. The van der Waals surface area contributed by atoms with E-state index in [0.717, 1.165) is 11.1 Å². The Hall–Kier alpha value is -2.92. The molecule has 2 aromatic carbocycles. The van der Waals surface area contributed by atoms with Gasteiger partial charge in [0.1, 0.15) is 11.0 Å². The monoisotopic (exact) mass is 526 g/mol. The third kappa shape index (κ3) is 2.89. The second-order valence-electron chi connectivity index (χ2n) is 8.13. The molecular formula is C24H18N2O4S4. The van der Waals surface area contributed by atoms with Crippen molar-refractivity contribution in [3.8, 4) is 0 Å². The normalized spacial score (nSPS) is 12.9. The molecule has 0 fully saturated rings. The van der Waals surface area contributed by atoms with Gasteiger partial charge in [-0.25, -0.2) is 24.8 Å². The fraction of sp³-hybridized carbons (Fsp3) is 0.0833. The summed E-state index contributed by atoms with van der Waals surface area (Å²) in [6, 6.07) is 16.8. The van der Waals surface area contributed by atoms with E-state index in [4.69, 9.17) is 0 Å². The van der Waals surface area contributed by atoms with Crippen LogP contribution in [-0.4, -0.2) is 24.8 Å². The number of aryl methyl sites for hydroxylation is 2. The highest BCUT2D eigenvalue weighted by Crippen LogP contribution is 2.44. The third-order valence-electron chi connectivity index (χ3n) is 5.91. The quantitative estimate of drug-likeness (QED) is 0.284. The first-order chi connectivity index (χ1) is 16.2. The predicted molar refractivity (Wildman–Crippen MR) is 138 cm³/mol. The second kappa shape index (κ2) is 7.29. The standard InChI is InChI=1S/C24H18N2O4S4/c1-15-3-7-17(8-4-15)33(27,28)25-19-11-13-31-23(19)22-21(25)24-20(12-14-32-24)26(22)34(29,30)18-9-5-16(2)6-10-18/h3-14H,1-2H3. The van der Waals surface area contributed by atoms with Crippen LogP contribution in [0.2, 0.25) is 0 Å². The topological polar surface area (TPSA) is 78.1 Å². The minimum absolute atomic E-state index is 0.155. The Morgan fingerprint density at radius 3 is 1.26 bits per heavy atom. The summed E-state index contributed by atoms with van der Waals surface area (Å²) in [6.07, 6.45) is 0. The van der Waals surface area contributed by atoms with E-state index in [1.54, 1.807) is 71.4 Å². The van der Waals surface area contributed by atoms with Gasteiger partial charge in [0.05, 0.1) is 30.2 Å². The molecule has 0 amide bonds. The van der Waals surface area contributed by atoms with Crippen LogP contribution in [0.25, 0.3) is 31.5 Å². The first-order valence-corrected chi connectivity index (χ1v) is 15.0. The van der Waals surface area contributed by atoms with Gasteiger partial charge in [0.25, 0.3) is 20.0 Å². The molecule has 0 bridgehead atoms. The van der Waals surface area contributed by atoms with E-state index in [9.17, 15) is 16.8 Å². The highest BCUT2D eigenvalue weighted by molar-refractivity contribution is 7.91. The molecule has 0 aliphatic heterocycles. The molecule has 0 unspecified atom stereocenters. The number of fused-ring (bicyclic) bond motifs is 5. The summed E-state index contributed by atoms with van der Waals surface area (Å²) < 4.78 is 59.4. The maximum absolute atomic E-state index is 13.9. The fourth-order valence-corrected chi connectivity index (χ4v) is 9.34.